The molecular weight excluding hydrogens is 417 g/mol. The number of benzene rings is 4. The Labute approximate surface area is 188 Å². The van der Waals surface area contributed by atoms with Crippen LogP contribution in [0.5, 0.6) is 0 Å². The molecule has 0 aromatic heterocycles. The predicted octanol–water partition coefficient (Wildman–Crippen LogP) is 5.25. The van der Waals surface area contributed by atoms with E-state index in [0.717, 1.165) is 21.6 Å². The molecule has 0 aliphatic carbocycles. The van der Waals surface area contributed by atoms with Gasteiger partial charge >= 0.3 is 0 Å². The van der Waals surface area contributed by atoms with E-state index in [1.54, 1.807) is 12.3 Å². The van der Waals surface area contributed by atoms with E-state index < -0.39 is 6.04 Å². The molecule has 31 heavy (non-hydrogen) atoms. The molecule has 4 rings (SSSR count). The monoisotopic (exact) mass is 439 g/mol. The van der Waals surface area contributed by atoms with Gasteiger partial charge in [-0.05, 0) is 16.7 Å². The first kappa shape index (κ1) is 21.0. The van der Waals surface area contributed by atoms with Gasteiger partial charge in [0.15, 0.2) is 5.78 Å². The summed E-state index contributed by atoms with van der Waals surface area (Å²) >= 11 is 6.45. The van der Waals surface area contributed by atoms with Crippen LogP contribution in [0.1, 0.15) is 10.4 Å². The highest BCUT2D eigenvalue weighted by atomic mass is 32.4. The zero-order chi connectivity index (χ0) is 21.5. The SMILES string of the molecule is O=C(C=CNc1ccccc1P(=S)(c1ccccc1)c1ccccc1)c1ccccc1. The van der Waals surface area contributed by atoms with Crippen LogP contribution in [0.2, 0.25) is 0 Å². The molecular formula is C27H22NOPS. The maximum Gasteiger partial charge on any atom is 0.187 e. The van der Waals surface area contributed by atoms with Crippen LogP contribution in [0.25, 0.3) is 0 Å². The number of para-hydroxylation sites is 1. The highest BCUT2D eigenvalue weighted by Crippen LogP contribution is 2.44. The molecule has 0 amide bonds. The Hall–Kier alpha value is -3.26. The van der Waals surface area contributed by atoms with E-state index in [-0.39, 0.29) is 5.78 Å². The van der Waals surface area contributed by atoms with Crippen molar-refractivity contribution >= 4 is 45.2 Å². The summed E-state index contributed by atoms with van der Waals surface area (Å²) in [6.07, 6.45) is 3.25. The minimum atomic E-state index is -2.28. The lowest BCUT2D eigenvalue weighted by atomic mass is 10.1. The molecule has 1 N–H and O–H groups in total. The van der Waals surface area contributed by atoms with Gasteiger partial charge in [-0.3, -0.25) is 4.79 Å². The Balaban J connectivity index is 1.73. The summed E-state index contributed by atoms with van der Waals surface area (Å²) in [5.41, 5.74) is 1.57. The standard InChI is InChI=1S/C27H22NOPS/c29-26(22-12-4-1-5-13-22)20-21-28-25-18-10-11-19-27(25)30(31,23-14-6-2-7-15-23)24-16-8-3-9-17-24/h1-21,28H. The summed E-state index contributed by atoms with van der Waals surface area (Å²) in [6, 6.07) is 35.7. The summed E-state index contributed by atoms with van der Waals surface area (Å²) < 4.78 is 0. The summed E-state index contributed by atoms with van der Waals surface area (Å²) in [7, 11) is 0. The molecule has 0 unspecified atom stereocenters. The van der Waals surface area contributed by atoms with Crippen molar-refractivity contribution in [3.05, 3.63) is 133 Å². The largest absolute Gasteiger partial charge is 0.361 e. The third-order valence-corrected chi connectivity index (χ3v) is 9.99. The molecule has 4 heteroatoms. The van der Waals surface area contributed by atoms with E-state index in [0.29, 0.717) is 5.56 Å². The van der Waals surface area contributed by atoms with Gasteiger partial charge in [-0.25, -0.2) is 0 Å². The Morgan fingerprint density at radius 1 is 0.677 bits per heavy atom. The predicted molar refractivity (Wildman–Crippen MR) is 136 cm³/mol. The molecule has 0 aliphatic rings. The van der Waals surface area contributed by atoms with Gasteiger partial charge in [-0.15, -0.1) is 0 Å². The quantitative estimate of drug-likeness (QED) is 0.242. The molecule has 4 aromatic rings. The third kappa shape index (κ3) is 4.59. The van der Waals surface area contributed by atoms with Crippen LogP contribution in [-0.4, -0.2) is 5.78 Å². The molecule has 0 aliphatic heterocycles. The van der Waals surface area contributed by atoms with Gasteiger partial charge in [0.2, 0.25) is 0 Å². The van der Waals surface area contributed by atoms with Crippen molar-refractivity contribution in [2.75, 3.05) is 5.32 Å². The normalized spacial score (nSPS) is 11.4. The van der Waals surface area contributed by atoms with Crippen LogP contribution in [0.15, 0.2) is 128 Å². The second kappa shape index (κ2) is 9.70. The number of hydrogen-bond donors (Lipinski definition) is 1. The van der Waals surface area contributed by atoms with E-state index >= 15 is 0 Å². The van der Waals surface area contributed by atoms with Crippen molar-refractivity contribution in [3.8, 4) is 0 Å². The number of ketones is 1. The first-order chi connectivity index (χ1) is 15.2. The third-order valence-electron chi connectivity index (χ3n) is 5.01. The highest BCUT2D eigenvalue weighted by molar-refractivity contribution is 8.25. The van der Waals surface area contributed by atoms with Gasteiger partial charge in [0.1, 0.15) is 0 Å². The van der Waals surface area contributed by atoms with Gasteiger partial charge in [-0.1, -0.05) is 121 Å². The number of hydrogen-bond acceptors (Lipinski definition) is 3. The zero-order valence-electron chi connectivity index (χ0n) is 16.9. The van der Waals surface area contributed by atoms with Crippen LogP contribution in [0.4, 0.5) is 5.69 Å². The van der Waals surface area contributed by atoms with E-state index in [2.05, 4.69) is 35.6 Å². The minimum absolute atomic E-state index is 0.0452. The first-order valence-electron chi connectivity index (χ1n) is 10.0. The lowest BCUT2D eigenvalue weighted by Crippen LogP contribution is -2.26. The van der Waals surface area contributed by atoms with Crippen molar-refractivity contribution in [2.24, 2.45) is 0 Å². The number of carbonyl (C=O) groups is 1. The lowest BCUT2D eigenvalue weighted by molar-refractivity contribution is 0.104. The molecule has 4 aromatic carbocycles. The average molecular weight is 440 g/mol. The van der Waals surface area contributed by atoms with Crippen molar-refractivity contribution in [1.29, 1.82) is 0 Å². The molecule has 0 saturated carbocycles. The number of nitrogens with one attached hydrogen (secondary N) is 1. The fourth-order valence-electron chi connectivity index (χ4n) is 3.48. The second-order valence-corrected chi connectivity index (χ2v) is 11.4. The number of rotatable bonds is 7. The molecule has 0 heterocycles. The smallest absolute Gasteiger partial charge is 0.187 e. The van der Waals surface area contributed by atoms with Crippen LogP contribution in [0, 0.1) is 0 Å². The van der Waals surface area contributed by atoms with Crippen molar-refractivity contribution in [1.82, 2.24) is 0 Å². The molecule has 0 atom stereocenters. The molecule has 0 saturated heterocycles. The first-order valence-corrected chi connectivity index (χ1v) is 12.8. The number of carbonyl (C=O) groups excluding carboxylic acids is 1. The van der Waals surface area contributed by atoms with Gasteiger partial charge in [-0.2, -0.15) is 0 Å². The van der Waals surface area contributed by atoms with Crippen LogP contribution in [-0.2, 0) is 11.8 Å². The maximum absolute atomic E-state index is 12.4. The lowest BCUT2D eigenvalue weighted by Gasteiger charge is -2.26. The molecule has 2 nitrogen and oxygen atoms in total. The highest BCUT2D eigenvalue weighted by Gasteiger charge is 2.26. The van der Waals surface area contributed by atoms with Gasteiger partial charge in [0.25, 0.3) is 0 Å². The Bertz CT molecular complexity index is 1190. The average Bonchev–Trinajstić information content (AvgIpc) is 2.85. The maximum atomic E-state index is 12.4. The van der Waals surface area contributed by atoms with E-state index in [4.69, 9.17) is 11.8 Å². The second-order valence-electron chi connectivity index (χ2n) is 7.01. The molecule has 0 bridgehead atoms. The van der Waals surface area contributed by atoms with Crippen molar-refractivity contribution in [2.45, 2.75) is 0 Å². The summed E-state index contributed by atoms with van der Waals surface area (Å²) in [4.78, 5) is 12.4. The Morgan fingerprint density at radius 3 is 1.74 bits per heavy atom. The number of anilines is 1. The van der Waals surface area contributed by atoms with Crippen LogP contribution >= 0.6 is 6.04 Å². The summed E-state index contributed by atoms with van der Waals surface area (Å²) in [6.45, 7) is 0. The van der Waals surface area contributed by atoms with E-state index in [9.17, 15) is 4.79 Å². The van der Waals surface area contributed by atoms with Crippen molar-refractivity contribution < 1.29 is 4.79 Å². The zero-order valence-corrected chi connectivity index (χ0v) is 18.6. The Morgan fingerprint density at radius 2 is 1.16 bits per heavy atom. The minimum Gasteiger partial charge on any atom is -0.361 e. The number of allylic oxidation sites excluding steroid dienone is 1. The van der Waals surface area contributed by atoms with E-state index in [1.807, 2.05) is 84.9 Å². The summed E-state index contributed by atoms with van der Waals surface area (Å²) in [5, 5.41) is 6.66. The van der Waals surface area contributed by atoms with Gasteiger partial charge in [0, 0.05) is 34.9 Å². The van der Waals surface area contributed by atoms with Gasteiger partial charge < -0.3 is 5.32 Å². The summed E-state index contributed by atoms with van der Waals surface area (Å²) in [5.74, 6) is -0.0452. The molecule has 0 fully saturated rings. The topological polar surface area (TPSA) is 29.1 Å². The molecule has 0 spiro atoms. The van der Waals surface area contributed by atoms with E-state index in [1.165, 1.54) is 0 Å². The van der Waals surface area contributed by atoms with Crippen LogP contribution < -0.4 is 21.2 Å². The van der Waals surface area contributed by atoms with Gasteiger partial charge in [0.05, 0.1) is 0 Å². The van der Waals surface area contributed by atoms with Crippen molar-refractivity contribution in [3.63, 3.8) is 0 Å². The molecule has 152 valence electrons. The fraction of sp³-hybridized carbons (Fsp3) is 0. The molecule has 0 radical (unpaired) electrons. The Kier molecular flexibility index (Phi) is 6.57. The fourth-order valence-corrected chi connectivity index (χ4v) is 7.50. The van der Waals surface area contributed by atoms with Crippen LogP contribution in [0.3, 0.4) is 0 Å².